The average molecular weight is 516 g/mol. The van der Waals surface area contributed by atoms with Gasteiger partial charge in [-0.3, -0.25) is 0 Å². The van der Waals surface area contributed by atoms with E-state index in [0.29, 0.717) is 12.3 Å². The molecule has 0 fully saturated rings. The molecule has 5 heteroatoms. The molecule has 0 aliphatic carbocycles. The first-order chi connectivity index (χ1) is 14.4. The number of aromatic nitrogens is 1. The highest BCUT2D eigenvalue weighted by molar-refractivity contribution is 8.93. The number of allylic oxidation sites excluding steroid dienone is 1. The van der Waals surface area contributed by atoms with Gasteiger partial charge in [-0.25, -0.2) is 4.99 Å². The summed E-state index contributed by atoms with van der Waals surface area (Å²) in [5, 5.41) is 13.2. The second-order valence-corrected chi connectivity index (χ2v) is 11.0. The third-order valence-electron chi connectivity index (χ3n) is 5.39. The lowest BCUT2D eigenvalue weighted by atomic mass is 9.78. The molecule has 3 rings (SSSR count). The Morgan fingerprint density at radius 3 is 2.00 bits per heavy atom. The van der Waals surface area contributed by atoms with Crippen molar-refractivity contribution in [2.45, 2.75) is 65.8 Å². The van der Waals surface area contributed by atoms with Crippen molar-refractivity contribution in [3.63, 3.8) is 0 Å². The normalized spacial score (nSPS) is 12.5. The van der Waals surface area contributed by atoms with Gasteiger partial charge in [-0.15, -0.1) is 34.9 Å². The minimum Gasteiger partial charge on any atom is -0.507 e. The van der Waals surface area contributed by atoms with E-state index < -0.39 is 0 Å². The predicted octanol–water partition coefficient (Wildman–Crippen LogP) is 7.82. The van der Waals surface area contributed by atoms with Crippen LogP contribution in [-0.2, 0) is 17.4 Å². The Bertz CT molecular complexity index is 1120. The summed E-state index contributed by atoms with van der Waals surface area (Å²) < 4.78 is 2.20. The molecule has 3 aromatic rings. The third-order valence-corrected chi connectivity index (χ3v) is 6.25. The van der Waals surface area contributed by atoms with Gasteiger partial charge in [-0.1, -0.05) is 65.3 Å². The zero-order chi connectivity index (χ0) is 23.0. The van der Waals surface area contributed by atoms with Crippen LogP contribution in [0.4, 0.5) is 5.69 Å². The van der Waals surface area contributed by atoms with Crippen molar-refractivity contribution in [2.75, 3.05) is 0 Å². The molecule has 3 nitrogen and oxygen atoms in total. The maximum absolute atomic E-state index is 11.1. The zero-order valence-corrected chi connectivity index (χ0v) is 22.7. The molecule has 0 aliphatic rings. The fourth-order valence-corrected chi connectivity index (χ4v) is 4.55. The molecule has 2 aromatic carbocycles. The van der Waals surface area contributed by atoms with Gasteiger partial charge in [0.2, 0.25) is 0 Å². The Kier molecular flexibility index (Phi) is 8.01. The van der Waals surface area contributed by atoms with Crippen molar-refractivity contribution in [1.29, 1.82) is 0 Å². The second kappa shape index (κ2) is 9.80. The Labute approximate surface area is 207 Å². The zero-order valence-electron chi connectivity index (χ0n) is 20.2. The van der Waals surface area contributed by atoms with E-state index in [2.05, 4.69) is 89.3 Å². The van der Waals surface area contributed by atoms with Gasteiger partial charge >= 0.3 is 0 Å². The molecule has 1 N–H and O–H groups in total. The number of nitrogens with zero attached hydrogens (tertiary/aromatic N) is 2. The Morgan fingerprint density at radius 1 is 1.00 bits per heavy atom. The van der Waals surface area contributed by atoms with Gasteiger partial charge in [0, 0.05) is 23.1 Å². The first-order valence-corrected chi connectivity index (χ1v) is 11.6. The molecular weight excluding hydrogens is 480 g/mol. The average Bonchev–Trinajstić information content (AvgIpc) is 3.05. The van der Waals surface area contributed by atoms with E-state index in [4.69, 9.17) is 4.99 Å². The van der Waals surface area contributed by atoms with Crippen LogP contribution in [0.1, 0.15) is 58.2 Å². The maximum Gasteiger partial charge on any atom is 0.190 e. The highest BCUT2D eigenvalue weighted by Gasteiger charge is 2.27. The number of hydrogen-bond acceptors (Lipinski definition) is 3. The van der Waals surface area contributed by atoms with Gasteiger partial charge < -0.3 is 9.67 Å². The van der Waals surface area contributed by atoms with Gasteiger partial charge in [0.15, 0.2) is 4.80 Å². The number of thiazole rings is 1. The molecule has 0 saturated carbocycles. The summed E-state index contributed by atoms with van der Waals surface area (Å²) >= 11 is 1.63. The lowest BCUT2D eigenvalue weighted by Crippen LogP contribution is -2.18. The van der Waals surface area contributed by atoms with Gasteiger partial charge in [0.05, 0.1) is 11.4 Å². The molecule has 0 aliphatic heterocycles. The number of aromatic hydroxyl groups is 1. The van der Waals surface area contributed by atoms with Gasteiger partial charge in [0.1, 0.15) is 5.75 Å². The molecule has 0 unspecified atom stereocenters. The maximum atomic E-state index is 11.1. The molecule has 0 amide bonds. The van der Waals surface area contributed by atoms with Crippen molar-refractivity contribution in [1.82, 2.24) is 4.57 Å². The van der Waals surface area contributed by atoms with Crippen molar-refractivity contribution in [3.05, 3.63) is 75.9 Å². The van der Waals surface area contributed by atoms with Crippen molar-refractivity contribution in [3.8, 4) is 17.0 Å². The van der Waals surface area contributed by atoms with E-state index in [0.717, 1.165) is 32.9 Å². The first kappa shape index (κ1) is 26.1. The van der Waals surface area contributed by atoms with Gasteiger partial charge in [-0.2, -0.15) is 0 Å². The molecule has 0 atom stereocenters. The monoisotopic (exact) mass is 514 g/mol. The molecule has 0 radical (unpaired) electrons. The van der Waals surface area contributed by atoms with Crippen molar-refractivity contribution < 1.29 is 5.11 Å². The molecule has 172 valence electrons. The molecule has 1 aromatic heterocycles. The highest BCUT2D eigenvalue weighted by atomic mass is 79.9. The van der Waals surface area contributed by atoms with E-state index in [1.54, 1.807) is 11.3 Å². The molecule has 0 spiro atoms. The lowest BCUT2D eigenvalue weighted by molar-refractivity contribution is 0.423. The summed E-state index contributed by atoms with van der Waals surface area (Å²) in [7, 11) is 0. The van der Waals surface area contributed by atoms with Crippen molar-refractivity contribution >= 4 is 34.0 Å². The summed E-state index contributed by atoms with van der Waals surface area (Å²) in [6, 6.07) is 12.5. The number of aryl methyl sites for hydroxylation is 1. The summed E-state index contributed by atoms with van der Waals surface area (Å²) in [5.41, 5.74) is 5.92. The molecule has 0 saturated heterocycles. The van der Waals surface area contributed by atoms with Crippen LogP contribution in [0.3, 0.4) is 0 Å². The SMILES string of the molecule is Br.C=CCn1c(-c2cc(C(C)(C)C)c(O)c(C(C)(C)C)c2)csc1=Nc1ccc(C)cc1. The molecular formula is C27H35BrN2OS. The minimum atomic E-state index is -0.172. The number of halogens is 1. The Morgan fingerprint density at radius 2 is 1.53 bits per heavy atom. The first-order valence-electron chi connectivity index (χ1n) is 10.7. The van der Waals surface area contributed by atoms with E-state index >= 15 is 0 Å². The fourth-order valence-electron chi connectivity index (χ4n) is 3.61. The summed E-state index contributed by atoms with van der Waals surface area (Å²) in [5.74, 6) is 0.402. The summed E-state index contributed by atoms with van der Waals surface area (Å²) in [6.07, 6.45) is 1.90. The van der Waals surface area contributed by atoms with Crippen LogP contribution in [0.25, 0.3) is 11.3 Å². The second-order valence-electron chi connectivity index (χ2n) is 10.2. The predicted molar refractivity (Wildman–Crippen MR) is 144 cm³/mol. The van der Waals surface area contributed by atoms with Crippen LogP contribution >= 0.6 is 28.3 Å². The minimum absolute atomic E-state index is 0. The topological polar surface area (TPSA) is 37.5 Å². The smallest absolute Gasteiger partial charge is 0.190 e. The van der Waals surface area contributed by atoms with E-state index in [9.17, 15) is 5.11 Å². The van der Waals surface area contributed by atoms with Crippen LogP contribution in [0.5, 0.6) is 5.75 Å². The summed E-state index contributed by atoms with van der Waals surface area (Å²) in [6.45, 7) is 19.5. The van der Waals surface area contributed by atoms with Gasteiger partial charge in [-0.05, 0) is 47.6 Å². The molecule has 0 bridgehead atoms. The molecule has 32 heavy (non-hydrogen) atoms. The standard InChI is InChI=1S/C27H34N2OS.BrH/c1-9-14-29-23(17-31-25(29)28-20-12-10-18(2)11-13-20)19-15-21(26(3,4)5)24(30)22(16-19)27(6,7)8;/h9-13,15-17,30H,1,14H2,2-8H3;1H. The van der Waals surface area contributed by atoms with Crippen LogP contribution in [-0.4, -0.2) is 9.67 Å². The van der Waals surface area contributed by atoms with E-state index in [1.165, 1.54) is 5.56 Å². The van der Waals surface area contributed by atoms with E-state index in [-0.39, 0.29) is 27.8 Å². The Hall–Kier alpha value is -2.11. The fraction of sp³-hybridized carbons (Fsp3) is 0.370. The highest BCUT2D eigenvalue weighted by Crippen LogP contribution is 2.42. The number of hydrogen-bond donors (Lipinski definition) is 1. The van der Waals surface area contributed by atoms with Crippen LogP contribution in [0.15, 0.2) is 59.4 Å². The van der Waals surface area contributed by atoms with Crippen LogP contribution in [0.2, 0.25) is 0 Å². The largest absolute Gasteiger partial charge is 0.507 e. The van der Waals surface area contributed by atoms with Crippen molar-refractivity contribution in [2.24, 2.45) is 4.99 Å². The number of phenolic OH excluding ortho intramolecular Hbond substituents is 1. The quantitative estimate of drug-likeness (QED) is 0.354. The van der Waals surface area contributed by atoms with E-state index in [1.807, 2.05) is 18.2 Å². The number of rotatable bonds is 4. The van der Waals surface area contributed by atoms with Crippen LogP contribution in [0, 0.1) is 6.92 Å². The van der Waals surface area contributed by atoms with Gasteiger partial charge in [0.25, 0.3) is 0 Å². The molecule has 1 heterocycles. The number of phenols is 1. The number of benzene rings is 2. The van der Waals surface area contributed by atoms with Crippen LogP contribution < -0.4 is 4.80 Å². The Balaban J connectivity index is 0.00000363. The third kappa shape index (κ3) is 5.62. The summed E-state index contributed by atoms with van der Waals surface area (Å²) in [4.78, 5) is 5.82. The lowest BCUT2D eigenvalue weighted by Gasteiger charge is -2.28.